The first-order valence-corrected chi connectivity index (χ1v) is 12.7. The molecule has 0 aliphatic heterocycles. The number of aryl methyl sites for hydroxylation is 1. The molecule has 2 rings (SSSR count). The van der Waals surface area contributed by atoms with Gasteiger partial charge in [-0.3, -0.25) is 4.79 Å². The minimum absolute atomic E-state index is 0.0157. The third-order valence-corrected chi connectivity index (χ3v) is 7.05. The van der Waals surface area contributed by atoms with E-state index in [1.165, 1.54) is 76.2 Å². The maximum atomic E-state index is 11.4. The molecule has 1 aromatic heterocycles. The SMILES string of the molecule is CCCCCCCCCCc1cnc(C2(CCCCC)CCC(C(=O)O)CC2)nc1. The predicted octanol–water partition coefficient (Wildman–Crippen LogP) is 7.25. The molecule has 1 saturated carbocycles. The first kappa shape index (κ1) is 24.8. The van der Waals surface area contributed by atoms with Crippen molar-refractivity contribution in [2.45, 2.75) is 128 Å². The van der Waals surface area contributed by atoms with Crippen LogP contribution in [-0.2, 0) is 16.6 Å². The lowest BCUT2D eigenvalue weighted by atomic mass is 9.67. The Morgan fingerprint density at radius 2 is 1.43 bits per heavy atom. The van der Waals surface area contributed by atoms with Crippen LogP contribution in [0.2, 0.25) is 0 Å². The number of carbonyl (C=O) groups is 1. The predicted molar refractivity (Wildman–Crippen MR) is 124 cm³/mol. The normalized spacial score (nSPS) is 21.6. The minimum atomic E-state index is -0.640. The number of carboxylic acid groups (broad SMARTS) is 1. The largest absolute Gasteiger partial charge is 0.481 e. The smallest absolute Gasteiger partial charge is 0.306 e. The summed E-state index contributed by atoms with van der Waals surface area (Å²) in [7, 11) is 0. The molecular weight excluding hydrogens is 372 g/mol. The molecule has 1 aromatic rings. The van der Waals surface area contributed by atoms with Gasteiger partial charge in [-0.05, 0) is 50.5 Å². The number of unbranched alkanes of at least 4 members (excludes halogenated alkanes) is 9. The van der Waals surface area contributed by atoms with Crippen molar-refractivity contribution in [3.63, 3.8) is 0 Å². The van der Waals surface area contributed by atoms with Crippen molar-refractivity contribution in [1.82, 2.24) is 9.97 Å². The van der Waals surface area contributed by atoms with Gasteiger partial charge in [-0.2, -0.15) is 0 Å². The second-order valence-corrected chi connectivity index (χ2v) is 9.49. The van der Waals surface area contributed by atoms with Crippen LogP contribution in [0, 0.1) is 5.92 Å². The fourth-order valence-electron chi connectivity index (χ4n) is 4.94. The Morgan fingerprint density at radius 1 is 0.900 bits per heavy atom. The van der Waals surface area contributed by atoms with E-state index in [1.807, 2.05) is 12.4 Å². The molecule has 4 heteroatoms. The topological polar surface area (TPSA) is 63.1 Å². The molecule has 0 spiro atoms. The van der Waals surface area contributed by atoms with Crippen molar-refractivity contribution >= 4 is 5.97 Å². The van der Waals surface area contributed by atoms with Crippen LogP contribution in [0.15, 0.2) is 12.4 Å². The van der Waals surface area contributed by atoms with E-state index in [0.717, 1.165) is 44.3 Å². The second-order valence-electron chi connectivity index (χ2n) is 9.49. The van der Waals surface area contributed by atoms with E-state index in [0.29, 0.717) is 0 Å². The average molecular weight is 417 g/mol. The molecule has 1 fully saturated rings. The molecule has 0 saturated heterocycles. The molecule has 0 unspecified atom stereocenters. The maximum Gasteiger partial charge on any atom is 0.306 e. The monoisotopic (exact) mass is 416 g/mol. The highest BCUT2D eigenvalue weighted by molar-refractivity contribution is 5.70. The molecule has 1 N–H and O–H groups in total. The van der Waals surface area contributed by atoms with Crippen molar-refractivity contribution in [3.8, 4) is 0 Å². The minimum Gasteiger partial charge on any atom is -0.481 e. The summed E-state index contributed by atoms with van der Waals surface area (Å²) in [6.07, 6.45) is 23.8. The summed E-state index contributed by atoms with van der Waals surface area (Å²) in [6, 6.07) is 0. The van der Waals surface area contributed by atoms with Crippen LogP contribution in [0.5, 0.6) is 0 Å². The summed E-state index contributed by atoms with van der Waals surface area (Å²) in [5.74, 6) is 0.131. The second kappa shape index (κ2) is 13.8. The van der Waals surface area contributed by atoms with Gasteiger partial charge in [0.2, 0.25) is 0 Å². The Hall–Kier alpha value is -1.45. The number of hydrogen-bond acceptors (Lipinski definition) is 3. The lowest BCUT2D eigenvalue weighted by molar-refractivity contribution is -0.143. The molecule has 1 aliphatic rings. The van der Waals surface area contributed by atoms with Gasteiger partial charge in [-0.15, -0.1) is 0 Å². The molecule has 0 aromatic carbocycles. The number of rotatable bonds is 15. The fourth-order valence-corrected chi connectivity index (χ4v) is 4.94. The van der Waals surface area contributed by atoms with E-state index in [2.05, 4.69) is 13.8 Å². The van der Waals surface area contributed by atoms with Gasteiger partial charge in [0.25, 0.3) is 0 Å². The Morgan fingerprint density at radius 3 is 2.00 bits per heavy atom. The molecule has 30 heavy (non-hydrogen) atoms. The number of aromatic nitrogens is 2. The molecule has 170 valence electrons. The summed E-state index contributed by atoms with van der Waals surface area (Å²) in [4.78, 5) is 21.0. The highest BCUT2D eigenvalue weighted by atomic mass is 16.4. The molecule has 0 amide bonds. The third-order valence-electron chi connectivity index (χ3n) is 7.05. The Labute approximate surface area is 184 Å². The highest BCUT2D eigenvalue weighted by Gasteiger charge is 2.40. The molecule has 1 heterocycles. The van der Waals surface area contributed by atoms with Gasteiger partial charge >= 0.3 is 5.97 Å². The number of nitrogens with zero attached hydrogens (tertiary/aromatic N) is 2. The summed E-state index contributed by atoms with van der Waals surface area (Å²) >= 11 is 0. The summed E-state index contributed by atoms with van der Waals surface area (Å²) in [5.41, 5.74) is 1.23. The summed E-state index contributed by atoms with van der Waals surface area (Å²) < 4.78 is 0. The number of carboxylic acids is 1. The Balaban J connectivity index is 1.85. The van der Waals surface area contributed by atoms with Gasteiger partial charge in [0.15, 0.2) is 0 Å². The zero-order valence-corrected chi connectivity index (χ0v) is 19.5. The van der Waals surface area contributed by atoms with Crippen LogP contribution in [0.1, 0.15) is 128 Å². The van der Waals surface area contributed by atoms with E-state index < -0.39 is 5.97 Å². The van der Waals surface area contributed by atoms with E-state index in [9.17, 15) is 9.90 Å². The van der Waals surface area contributed by atoms with Crippen LogP contribution < -0.4 is 0 Å². The molecule has 0 radical (unpaired) electrons. The molecule has 0 atom stereocenters. The van der Waals surface area contributed by atoms with Gasteiger partial charge in [-0.1, -0.05) is 78.1 Å². The third kappa shape index (κ3) is 8.00. The van der Waals surface area contributed by atoms with Gasteiger partial charge in [0, 0.05) is 17.8 Å². The van der Waals surface area contributed by atoms with Crippen LogP contribution >= 0.6 is 0 Å². The van der Waals surface area contributed by atoms with Crippen LogP contribution in [0.3, 0.4) is 0 Å². The van der Waals surface area contributed by atoms with Crippen molar-refractivity contribution in [2.24, 2.45) is 5.92 Å². The van der Waals surface area contributed by atoms with Crippen LogP contribution in [-0.4, -0.2) is 21.0 Å². The number of aliphatic carboxylic acids is 1. The molecule has 1 aliphatic carbocycles. The Kier molecular flexibility index (Phi) is 11.4. The van der Waals surface area contributed by atoms with E-state index in [-0.39, 0.29) is 11.3 Å². The molecule has 4 nitrogen and oxygen atoms in total. The molecular formula is C26H44N2O2. The van der Waals surface area contributed by atoms with Crippen LogP contribution in [0.25, 0.3) is 0 Å². The van der Waals surface area contributed by atoms with Crippen molar-refractivity contribution in [1.29, 1.82) is 0 Å². The van der Waals surface area contributed by atoms with Gasteiger partial charge in [-0.25, -0.2) is 9.97 Å². The average Bonchev–Trinajstić information content (AvgIpc) is 2.76. The quantitative estimate of drug-likeness (QED) is 0.306. The van der Waals surface area contributed by atoms with E-state index in [4.69, 9.17) is 9.97 Å². The standard InChI is InChI=1S/C26H44N2O2/c1-3-5-7-8-9-10-11-12-14-22-20-27-25(28-21-22)26(17-13-6-4-2)18-15-23(16-19-26)24(29)30/h20-21,23H,3-19H2,1-2H3,(H,29,30). The van der Waals surface area contributed by atoms with Crippen LogP contribution in [0.4, 0.5) is 0 Å². The van der Waals surface area contributed by atoms with Crippen molar-refractivity contribution in [2.75, 3.05) is 0 Å². The number of hydrogen-bond donors (Lipinski definition) is 1. The van der Waals surface area contributed by atoms with Gasteiger partial charge in [0.05, 0.1) is 5.92 Å². The highest BCUT2D eigenvalue weighted by Crippen LogP contribution is 2.43. The lowest BCUT2D eigenvalue weighted by Crippen LogP contribution is -2.35. The maximum absolute atomic E-state index is 11.4. The van der Waals surface area contributed by atoms with Gasteiger partial charge in [0.1, 0.15) is 5.82 Å². The fraction of sp³-hybridized carbons (Fsp3) is 0.808. The lowest BCUT2D eigenvalue weighted by Gasteiger charge is -2.38. The van der Waals surface area contributed by atoms with Crippen molar-refractivity contribution < 1.29 is 9.90 Å². The van der Waals surface area contributed by atoms with E-state index >= 15 is 0 Å². The summed E-state index contributed by atoms with van der Waals surface area (Å²) in [5, 5.41) is 9.37. The zero-order chi connectivity index (χ0) is 21.7. The van der Waals surface area contributed by atoms with E-state index in [1.54, 1.807) is 0 Å². The molecule has 0 bridgehead atoms. The van der Waals surface area contributed by atoms with Gasteiger partial charge < -0.3 is 5.11 Å². The first-order valence-electron chi connectivity index (χ1n) is 12.7. The Bertz CT molecular complexity index is 592. The van der Waals surface area contributed by atoms with Crippen molar-refractivity contribution in [3.05, 3.63) is 23.8 Å². The first-order chi connectivity index (χ1) is 14.6. The zero-order valence-electron chi connectivity index (χ0n) is 19.5. The summed E-state index contributed by atoms with van der Waals surface area (Å²) in [6.45, 7) is 4.49.